The lowest BCUT2D eigenvalue weighted by atomic mass is 10.1. The monoisotopic (exact) mass is 334 g/mol. The molecule has 2 fully saturated rings. The average Bonchev–Trinajstić information content (AvgIpc) is 2.99. The summed E-state index contributed by atoms with van der Waals surface area (Å²) in [5, 5.41) is 0. The maximum atomic E-state index is 12.7. The SMILES string of the molecule is CC1(C(=O)N2CCc3ccc(S(=O)(=O)N4CCCC4)cc32)CC1. The predicted molar refractivity (Wildman–Crippen MR) is 87.8 cm³/mol. The smallest absolute Gasteiger partial charge is 0.243 e. The van der Waals surface area contributed by atoms with Gasteiger partial charge in [-0.05, 0) is 49.8 Å². The average molecular weight is 334 g/mol. The summed E-state index contributed by atoms with van der Waals surface area (Å²) in [5.41, 5.74) is 1.64. The molecule has 3 aliphatic rings. The van der Waals surface area contributed by atoms with E-state index in [2.05, 4.69) is 0 Å². The number of nitrogens with zero attached hydrogens (tertiary/aromatic N) is 2. The van der Waals surface area contributed by atoms with Crippen molar-refractivity contribution in [1.82, 2.24) is 4.31 Å². The molecule has 0 spiro atoms. The van der Waals surface area contributed by atoms with Crippen LogP contribution in [-0.4, -0.2) is 38.3 Å². The Bertz CT molecular complexity index is 762. The van der Waals surface area contributed by atoms with E-state index in [0.717, 1.165) is 43.4 Å². The molecule has 23 heavy (non-hydrogen) atoms. The Labute approximate surface area is 137 Å². The molecule has 0 radical (unpaired) electrons. The lowest BCUT2D eigenvalue weighted by molar-refractivity contribution is -0.123. The Hall–Kier alpha value is -1.40. The second kappa shape index (κ2) is 5.05. The number of hydrogen-bond acceptors (Lipinski definition) is 3. The Morgan fingerprint density at radius 2 is 1.83 bits per heavy atom. The largest absolute Gasteiger partial charge is 0.311 e. The highest BCUT2D eigenvalue weighted by Gasteiger charge is 2.48. The second-order valence-corrected chi connectivity index (χ2v) is 9.11. The molecule has 5 nitrogen and oxygen atoms in total. The van der Waals surface area contributed by atoms with Gasteiger partial charge in [0.05, 0.1) is 4.90 Å². The normalized spacial score (nSPS) is 23.1. The zero-order chi connectivity index (χ0) is 16.2. The molecule has 6 heteroatoms. The van der Waals surface area contributed by atoms with Gasteiger partial charge >= 0.3 is 0 Å². The molecule has 0 N–H and O–H groups in total. The topological polar surface area (TPSA) is 57.7 Å². The number of sulfonamides is 1. The Morgan fingerprint density at radius 1 is 1.13 bits per heavy atom. The minimum absolute atomic E-state index is 0.145. The number of rotatable bonds is 3. The van der Waals surface area contributed by atoms with E-state index in [0.29, 0.717) is 24.5 Å². The van der Waals surface area contributed by atoms with Crippen molar-refractivity contribution in [2.75, 3.05) is 24.5 Å². The minimum atomic E-state index is -3.43. The lowest BCUT2D eigenvalue weighted by Crippen LogP contribution is -2.35. The predicted octanol–water partition coefficient (Wildman–Crippen LogP) is 2.16. The van der Waals surface area contributed by atoms with E-state index in [1.54, 1.807) is 21.3 Å². The molecular weight excluding hydrogens is 312 g/mol. The molecule has 2 aliphatic heterocycles. The number of carbonyl (C=O) groups is 1. The van der Waals surface area contributed by atoms with Crippen molar-refractivity contribution in [3.63, 3.8) is 0 Å². The maximum absolute atomic E-state index is 12.7. The molecule has 1 aromatic carbocycles. The maximum Gasteiger partial charge on any atom is 0.243 e. The van der Waals surface area contributed by atoms with Gasteiger partial charge in [-0.3, -0.25) is 4.79 Å². The van der Waals surface area contributed by atoms with Gasteiger partial charge in [0.25, 0.3) is 0 Å². The van der Waals surface area contributed by atoms with E-state index in [1.807, 2.05) is 13.0 Å². The van der Waals surface area contributed by atoms with Crippen LogP contribution >= 0.6 is 0 Å². The quantitative estimate of drug-likeness (QED) is 0.851. The zero-order valence-corrected chi connectivity index (χ0v) is 14.2. The van der Waals surface area contributed by atoms with Gasteiger partial charge in [0, 0.05) is 30.7 Å². The molecule has 1 aliphatic carbocycles. The first-order valence-corrected chi connectivity index (χ1v) is 9.81. The van der Waals surface area contributed by atoms with Crippen molar-refractivity contribution in [2.24, 2.45) is 5.41 Å². The van der Waals surface area contributed by atoms with E-state index in [1.165, 1.54) is 0 Å². The number of anilines is 1. The van der Waals surface area contributed by atoms with Crippen molar-refractivity contribution in [3.05, 3.63) is 23.8 Å². The highest BCUT2D eigenvalue weighted by Crippen LogP contribution is 2.48. The standard InChI is InChI=1S/C17H22N2O3S/c1-17(7-8-17)16(20)19-11-6-13-4-5-14(12-15(13)19)23(21,22)18-9-2-3-10-18/h4-5,12H,2-3,6-11H2,1H3. The van der Waals surface area contributed by atoms with Gasteiger partial charge in [-0.25, -0.2) is 8.42 Å². The highest BCUT2D eigenvalue weighted by atomic mass is 32.2. The zero-order valence-electron chi connectivity index (χ0n) is 13.4. The minimum Gasteiger partial charge on any atom is -0.311 e. The van der Waals surface area contributed by atoms with Crippen LogP contribution in [0.15, 0.2) is 23.1 Å². The summed E-state index contributed by atoms with van der Waals surface area (Å²) in [5.74, 6) is 0.145. The van der Waals surface area contributed by atoms with Gasteiger partial charge in [-0.2, -0.15) is 4.31 Å². The second-order valence-electron chi connectivity index (χ2n) is 7.17. The van der Waals surface area contributed by atoms with Crippen LogP contribution in [0.1, 0.15) is 38.2 Å². The van der Waals surface area contributed by atoms with Crippen molar-refractivity contribution < 1.29 is 13.2 Å². The van der Waals surface area contributed by atoms with Crippen molar-refractivity contribution in [3.8, 4) is 0 Å². The van der Waals surface area contributed by atoms with E-state index in [9.17, 15) is 13.2 Å². The molecule has 1 aromatic rings. The van der Waals surface area contributed by atoms with Gasteiger partial charge in [-0.1, -0.05) is 13.0 Å². The van der Waals surface area contributed by atoms with E-state index < -0.39 is 10.0 Å². The third-order valence-corrected chi connectivity index (χ3v) is 7.31. The molecule has 2 heterocycles. The summed E-state index contributed by atoms with van der Waals surface area (Å²) in [6.07, 6.45) is 4.52. The van der Waals surface area contributed by atoms with Crippen LogP contribution in [0.25, 0.3) is 0 Å². The third-order valence-electron chi connectivity index (χ3n) is 5.42. The summed E-state index contributed by atoms with van der Waals surface area (Å²) in [6.45, 7) is 3.86. The van der Waals surface area contributed by atoms with Crippen molar-refractivity contribution >= 4 is 21.6 Å². The van der Waals surface area contributed by atoms with Gasteiger partial charge in [0.15, 0.2) is 0 Å². The van der Waals surface area contributed by atoms with E-state index in [-0.39, 0.29) is 11.3 Å². The van der Waals surface area contributed by atoms with Gasteiger partial charge in [-0.15, -0.1) is 0 Å². The molecule has 0 atom stereocenters. The van der Waals surface area contributed by atoms with Crippen LogP contribution in [0.2, 0.25) is 0 Å². The van der Waals surface area contributed by atoms with Crippen LogP contribution in [-0.2, 0) is 21.2 Å². The van der Waals surface area contributed by atoms with Gasteiger partial charge in [0.2, 0.25) is 15.9 Å². The number of hydrogen-bond donors (Lipinski definition) is 0. The number of carbonyl (C=O) groups excluding carboxylic acids is 1. The third kappa shape index (κ3) is 2.39. The first kappa shape index (κ1) is 15.1. The fraction of sp³-hybridized carbons (Fsp3) is 0.588. The molecule has 1 amide bonds. The van der Waals surface area contributed by atoms with Crippen molar-refractivity contribution in [2.45, 2.75) is 43.9 Å². The Balaban J connectivity index is 1.69. The summed E-state index contributed by atoms with van der Waals surface area (Å²) in [4.78, 5) is 14.8. The van der Waals surface area contributed by atoms with Gasteiger partial charge < -0.3 is 4.90 Å². The summed E-state index contributed by atoms with van der Waals surface area (Å²) >= 11 is 0. The molecule has 124 valence electrons. The van der Waals surface area contributed by atoms with Crippen LogP contribution in [0.5, 0.6) is 0 Å². The molecule has 0 unspecified atom stereocenters. The van der Waals surface area contributed by atoms with Crippen LogP contribution in [0, 0.1) is 5.41 Å². The number of benzene rings is 1. The molecular formula is C17H22N2O3S. The molecule has 0 aromatic heterocycles. The number of amides is 1. The van der Waals surface area contributed by atoms with Crippen molar-refractivity contribution in [1.29, 1.82) is 0 Å². The fourth-order valence-corrected chi connectivity index (χ4v) is 5.07. The first-order chi connectivity index (χ1) is 10.9. The lowest BCUT2D eigenvalue weighted by Gasteiger charge is -2.22. The molecule has 1 saturated carbocycles. The van der Waals surface area contributed by atoms with Gasteiger partial charge in [0.1, 0.15) is 0 Å². The summed E-state index contributed by atoms with van der Waals surface area (Å²) in [7, 11) is -3.43. The van der Waals surface area contributed by atoms with Crippen LogP contribution < -0.4 is 4.90 Å². The summed E-state index contributed by atoms with van der Waals surface area (Å²) in [6, 6.07) is 5.28. The summed E-state index contributed by atoms with van der Waals surface area (Å²) < 4.78 is 27.0. The highest BCUT2D eigenvalue weighted by molar-refractivity contribution is 7.89. The Kier molecular flexibility index (Phi) is 3.32. The molecule has 4 rings (SSSR count). The van der Waals surface area contributed by atoms with Crippen LogP contribution in [0.4, 0.5) is 5.69 Å². The van der Waals surface area contributed by atoms with Crippen LogP contribution in [0.3, 0.4) is 0 Å². The molecule has 0 bridgehead atoms. The molecule has 1 saturated heterocycles. The Morgan fingerprint density at radius 3 is 2.48 bits per heavy atom. The number of fused-ring (bicyclic) bond motifs is 1. The van der Waals surface area contributed by atoms with E-state index in [4.69, 9.17) is 0 Å². The fourth-order valence-electron chi connectivity index (χ4n) is 3.54. The van der Waals surface area contributed by atoms with E-state index >= 15 is 0 Å². The first-order valence-electron chi connectivity index (χ1n) is 8.37.